The first kappa shape index (κ1) is 19.0. The number of methoxy groups -OCH3 is 1. The van der Waals surface area contributed by atoms with Crippen molar-refractivity contribution in [2.45, 2.75) is 33.4 Å². The van der Waals surface area contributed by atoms with Gasteiger partial charge in [-0.25, -0.2) is 0 Å². The van der Waals surface area contributed by atoms with Gasteiger partial charge >= 0.3 is 0 Å². The lowest BCUT2D eigenvalue weighted by molar-refractivity contribution is -0.122. The number of hydrogen-bond acceptors (Lipinski definition) is 3. The molecule has 4 nitrogen and oxygen atoms in total. The van der Waals surface area contributed by atoms with E-state index in [0.29, 0.717) is 13.1 Å². The van der Waals surface area contributed by atoms with Crippen LogP contribution in [0.15, 0.2) is 48.5 Å². The summed E-state index contributed by atoms with van der Waals surface area (Å²) in [6, 6.07) is 16.3. The summed E-state index contributed by atoms with van der Waals surface area (Å²) in [7, 11) is 1.67. The summed E-state index contributed by atoms with van der Waals surface area (Å²) in [6.07, 6.45) is 0. The summed E-state index contributed by atoms with van der Waals surface area (Å²) in [6.45, 7) is 8.00. The van der Waals surface area contributed by atoms with Crippen LogP contribution in [0, 0.1) is 6.92 Å². The minimum Gasteiger partial charge on any atom is -0.497 e. The molecule has 1 unspecified atom stereocenters. The molecule has 0 bridgehead atoms. The molecule has 0 spiro atoms. The molecule has 0 aliphatic carbocycles. The van der Waals surface area contributed by atoms with Crippen molar-refractivity contribution in [1.82, 2.24) is 10.2 Å². The summed E-state index contributed by atoms with van der Waals surface area (Å²) < 4.78 is 5.30. The summed E-state index contributed by atoms with van der Waals surface area (Å²) in [5, 5.41) is 3.03. The first-order valence-corrected chi connectivity index (χ1v) is 8.74. The molecular formula is C21H28N2O2. The van der Waals surface area contributed by atoms with Crippen LogP contribution in [0.5, 0.6) is 5.75 Å². The number of carbonyl (C=O) groups is 1. The summed E-state index contributed by atoms with van der Waals surface area (Å²) in [4.78, 5) is 14.5. The summed E-state index contributed by atoms with van der Waals surface area (Å²) in [5.41, 5.74) is 3.49. The molecule has 0 saturated heterocycles. The van der Waals surface area contributed by atoms with Gasteiger partial charge < -0.3 is 10.1 Å². The predicted octanol–water partition coefficient (Wildman–Crippen LogP) is 3.70. The van der Waals surface area contributed by atoms with Gasteiger partial charge in [0.15, 0.2) is 0 Å². The Balaban J connectivity index is 1.95. The molecule has 1 atom stereocenters. The maximum atomic E-state index is 12.4. The van der Waals surface area contributed by atoms with E-state index in [4.69, 9.17) is 4.74 Å². The highest BCUT2D eigenvalue weighted by atomic mass is 16.5. The molecule has 2 aromatic carbocycles. The lowest BCUT2D eigenvalue weighted by Gasteiger charge is -2.27. The predicted molar refractivity (Wildman–Crippen MR) is 102 cm³/mol. The Morgan fingerprint density at radius 1 is 1.20 bits per heavy atom. The number of likely N-dealkylation sites (N-methyl/N-ethyl adjacent to an activating group) is 1. The zero-order valence-corrected chi connectivity index (χ0v) is 15.6. The van der Waals surface area contributed by atoms with E-state index in [1.165, 1.54) is 5.56 Å². The molecule has 0 fully saturated rings. The Hall–Kier alpha value is -2.33. The van der Waals surface area contributed by atoms with Crippen molar-refractivity contribution in [2.24, 2.45) is 0 Å². The zero-order chi connectivity index (χ0) is 18.2. The summed E-state index contributed by atoms with van der Waals surface area (Å²) in [5.74, 6) is 0.879. The number of ether oxygens (including phenoxy) is 1. The maximum Gasteiger partial charge on any atom is 0.234 e. The van der Waals surface area contributed by atoms with Crippen molar-refractivity contribution >= 4 is 5.91 Å². The molecule has 1 amide bonds. The standard InChI is InChI=1S/C21H28N2O2/c1-5-23(17(3)18-11-8-12-20(13-18)25-4)15-21(24)22-14-19-10-7-6-9-16(19)2/h6-13,17H,5,14-15H2,1-4H3,(H,22,24). The number of nitrogens with zero attached hydrogens (tertiary/aromatic N) is 1. The Kier molecular flexibility index (Phi) is 7.02. The Morgan fingerprint density at radius 3 is 2.64 bits per heavy atom. The van der Waals surface area contributed by atoms with Gasteiger partial charge in [-0.1, -0.05) is 43.3 Å². The highest BCUT2D eigenvalue weighted by molar-refractivity contribution is 5.78. The number of rotatable bonds is 8. The van der Waals surface area contributed by atoms with Crippen LogP contribution in [0.4, 0.5) is 0 Å². The smallest absolute Gasteiger partial charge is 0.234 e. The molecule has 134 valence electrons. The minimum atomic E-state index is 0.0415. The number of carbonyl (C=O) groups excluding carboxylic acids is 1. The lowest BCUT2D eigenvalue weighted by Crippen LogP contribution is -2.38. The van der Waals surface area contributed by atoms with E-state index in [1.54, 1.807) is 7.11 Å². The number of nitrogens with one attached hydrogen (secondary N) is 1. The van der Waals surface area contributed by atoms with E-state index in [1.807, 2.05) is 36.4 Å². The SMILES string of the molecule is CCN(CC(=O)NCc1ccccc1C)C(C)c1cccc(OC)c1. The largest absolute Gasteiger partial charge is 0.497 e. The van der Waals surface area contributed by atoms with E-state index < -0.39 is 0 Å². The topological polar surface area (TPSA) is 41.6 Å². The van der Waals surface area contributed by atoms with Crippen molar-refractivity contribution in [1.29, 1.82) is 0 Å². The van der Waals surface area contributed by atoms with Gasteiger partial charge in [-0.15, -0.1) is 0 Å². The quantitative estimate of drug-likeness (QED) is 0.796. The van der Waals surface area contributed by atoms with Crippen LogP contribution in [-0.4, -0.2) is 31.0 Å². The Labute approximate surface area is 150 Å². The van der Waals surface area contributed by atoms with E-state index >= 15 is 0 Å². The average molecular weight is 340 g/mol. The Bertz CT molecular complexity index is 700. The van der Waals surface area contributed by atoms with Crippen LogP contribution in [0.1, 0.15) is 36.6 Å². The van der Waals surface area contributed by atoms with Gasteiger partial charge in [0.25, 0.3) is 0 Å². The van der Waals surface area contributed by atoms with Gasteiger partial charge in [-0.05, 0) is 49.2 Å². The average Bonchev–Trinajstić information content (AvgIpc) is 2.65. The first-order chi connectivity index (χ1) is 12.0. The van der Waals surface area contributed by atoms with Crippen molar-refractivity contribution in [3.63, 3.8) is 0 Å². The molecule has 2 aromatic rings. The third kappa shape index (κ3) is 5.33. The zero-order valence-electron chi connectivity index (χ0n) is 15.6. The van der Waals surface area contributed by atoms with Crippen molar-refractivity contribution in [3.05, 3.63) is 65.2 Å². The molecule has 0 aromatic heterocycles. The van der Waals surface area contributed by atoms with Crippen LogP contribution in [0.2, 0.25) is 0 Å². The van der Waals surface area contributed by atoms with Crippen LogP contribution in [0.25, 0.3) is 0 Å². The van der Waals surface area contributed by atoms with Gasteiger partial charge in [0.05, 0.1) is 13.7 Å². The highest BCUT2D eigenvalue weighted by Gasteiger charge is 2.17. The van der Waals surface area contributed by atoms with Crippen molar-refractivity contribution in [3.8, 4) is 5.75 Å². The molecule has 2 rings (SSSR count). The molecule has 0 heterocycles. The summed E-state index contributed by atoms with van der Waals surface area (Å²) >= 11 is 0. The molecule has 0 saturated carbocycles. The molecule has 0 radical (unpaired) electrons. The third-order valence-electron chi connectivity index (χ3n) is 4.61. The third-order valence-corrected chi connectivity index (χ3v) is 4.61. The number of hydrogen-bond donors (Lipinski definition) is 1. The fourth-order valence-corrected chi connectivity index (χ4v) is 2.88. The monoisotopic (exact) mass is 340 g/mol. The molecule has 1 N–H and O–H groups in total. The molecular weight excluding hydrogens is 312 g/mol. The van der Waals surface area contributed by atoms with Crippen LogP contribution in [0.3, 0.4) is 0 Å². The van der Waals surface area contributed by atoms with Crippen LogP contribution < -0.4 is 10.1 Å². The lowest BCUT2D eigenvalue weighted by atomic mass is 10.1. The van der Waals surface area contributed by atoms with E-state index in [9.17, 15) is 4.79 Å². The first-order valence-electron chi connectivity index (χ1n) is 8.74. The van der Waals surface area contributed by atoms with Gasteiger partial charge in [0.1, 0.15) is 5.75 Å². The molecule has 25 heavy (non-hydrogen) atoms. The number of amides is 1. The van der Waals surface area contributed by atoms with E-state index in [0.717, 1.165) is 23.4 Å². The van der Waals surface area contributed by atoms with E-state index in [-0.39, 0.29) is 11.9 Å². The second-order valence-corrected chi connectivity index (χ2v) is 6.22. The van der Waals surface area contributed by atoms with Gasteiger partial charge in [0, 0.05) is 12.6 Å². The van der Waals surface area contributed by atoms with E-state index in [2.05, 4.69) is 43.1 Å². The molecule has 0 aliphatic rings. The van der Waals surface area contributed by atoms with Crippen LogP contribution in [-0.2, 0) is 11.3 Å². The molecule has 0 aliphatic heterocycles. The number of aryl methyl sites for hydroxylation is 1. The Morgan fingerprint density at radius 2 is 1.96 bits per heavy atom. The van der Waals surface area contributed by atoms with Gasteiger partial charge in [-0.3, -0.25) is 9.69 Å². The van der Waals surface area contributed by atoms with Crippen molar-refractivity contribution in [2.75, 3.05) is 20.2 Å². The fourth-order valence-electron chi connectivity index (χ4n) is 2.88. The van der Waals surface area contributed by atoms with Gasteiger partial charge in [-0.2, -0.15) is 0 Å². The minimum absolute atomic E-state index is 0.0415. The molecule has 4 heteroatoms. The van der Waals surface area contributed by atoms with Gasteiger partial charge in [0.2, 0.25) is 5.91 Å². The van der Waals surface area contributed by atoms with Crippen molar-refractivity contribution < 1.29 is 9.53 Å². The second kappa shape index (κ2) is 9.23. The highest BCUT2D eigenvalue weighted by Crippen LogP contribution is 2.23. The second-order valence-electron chi connectivity index (χ2n) is 6.22. The fraction of sp³-hybridized carbons (Fsp3) is 0.381. The normalized spacial score (nSPS) is 12.0. The number of benzene rings is 2. The maximum absolute atomic E-state index is 12.4. The van der Waals surface area contributed by atoms with Crippen LogP contribution >= 0.6 is 0 Å².